The molecule has 5 heteroatoms. The van der Waals surface area contributed by atoms with Crippen LogP contribution >= 0.6 is 0 Å². The molecule has 5 nitrogen and oxygen atoms in total. The van der Waals surface area contributed by atoms with E-state index in [0.29, 0.717) is 11.4 Å². The van der Waals surface area contributed by atoms with E-state index in [9.17, 15) is 9.59 Å². The highest BCUT2D eigenvalue weighted by molar-refractivity contribution is 6.21. The second kappa shape index (κ2) is 6.33. The first-order valence-electron chi connectivity index (χ1n) is 8.59. The van der Waals surface area contributed by atoms with Gasteiger partial charge in [-0.2, -0.15) is 0 Å². The fourth-order valence-electron chi connectivity index (χ4n) is 3.85. The Kier molecular flexibility index (Phi) is 4.01. The molecule has 1 fully saturated rings. The van der Waals surface area contributed by atoms with Gasteiger partial charge in [0, 0.05) is 12.0 Å². The third-order valence-corrected chi connectivity index (χ3v) is 5.22. The monoisotopic (exact) mass is 337 g/mol. The summed E-state index contributed by atoms with van der Waals surface area (Å²) in [6.45, 7) is 1.69. The van der Waals surface area contributed by atoms with Gasteiger partial charge >= 0.3 is 0 Å². The molecule has 0 aromatic heterocycles. The van der Waals surface area contributed by atoms with Gasteiger partial charge in [-0.05, 0) is 29.8 Å². The number of hydrogen-bond donors (Lipinski definition) is 1. The molecule has 2 amide bonds. The van der Waals surface area contributed by atoms with Gasteiger partial charge in [0.05, 0.1) is 25.8 Å². The van der Waals surface area contributed by atoms with Gasteiger partial charge in [0.2, 0.25) is 5.91 Å². The summed E-state index contributed by atoms with van der Waals surface area (Å²) in [6, 6.07) is 15.1. The quantitative estimate of drug-likeness (QED) is 0.849. The lowest BCUT2D eigenvalue weighted by molar-refractivity contribution is -0.930. The van der Waals surface area contributed by atoms with E-state index in [2.05, 4.69) is 18.2 Å². The van der Waals surface area contributed by atoms with Crippen LogP contribution in [0.25, 0.3) is 0 Å². The van der Waals surface area contributed by atoms with Crippen LogP contribution in [0.15, 0.2) is 48.5 Å². The van der Waals surface area contributed by atoms with Crippen molar-refractivity contribution < 1.29 is 19.2 Å². The van der Waals surface area contributed by atoms with Gasteiger partial charge in [0.1, 0.15) is 12.3 Å². The number of ether oxygens (including phenoxy) is 1. The highest BCUT2D eigenvalue weighted by Gasteiger charge is 2.46. The number of nitrogens with one attached hydrogen (secondary N) is 1. The predicted octanol–water partition coefficient (Wildman–Crippen LogP) is 0.968. The summed E-state index contributed by atoms with van der Waals surface area (Å²) in [7, 11) is 1.59. The fraction of sp³-hybridized carbons (Fsp3) is 0.300. The van der Waals surface area contributed by atoms with Crippen LogP contribution < -0.4 is 14.5 Å². The number of carbonyl (C=O) groups is 2. The Hall–Kier alpha value is -2.66. The molecule has 2 aromatic rings. The van der Waals surface area contributed by atoms with Gasteiger partial charge in [-0.1, -0.05) is 24.3 Å². The first-order chi connectivity index (χ1) is 12.2. The lowest BCUT2D eigenvalue weighted by Crippen LogP contribution is -3.16. The lowest BCUT2D eigenvalue weighted by atomic mass is 9.98. The Morgan fingerprint density at radius 3 is 2.48 bits per heavy atom. The highest BCUT2D eigenvalue weighted by Crippen LogP contribution is 2.25. The Morgan fingerprint density at radius 1 is 1.04 bits per heavy atom. The van der Waals surface area contributed by atoms with E-state index in [4.69, 9.17) is 4.74 Å². The maximum atomic E-state index is 12.9. The van der Waals surface area contributed by atoms with Crippen LogP contribution in [0.2, 0.25) is 0 Å². The maximum absolute atomic E-state index is 12.9. The topological polar surface area (TPSA) is 51.0 Å². The zero-order valence-corrected chi connectivity index (χ0v) is 14.2. The van der Waals surface area contributed by atoms with Gasteiger partial charge in [-0.15, -0.1) is 0 Å². The number of nitrogens with zero attached hydrogens (tertiary/aromatic N) is 1. The number of fused-ring (bicyclic) bond motifs is 1. The minimum absolute atomic E-state index is 0.0930. The summed E-state index contributed by atoms with van der Waals surface area (Å²) in [5.74, 6) is 0.494. The number of quaternary nitrogens is 1. The molecule has 2 atom stereocenters. The number of benzene rings is 2. The van der Waals surface area contributed by atoms with E-state index in [-0.39, 0.29) is 24.3 Å². The molecule has 2 heterocycles. The van der Waals surface area contributed by atoms with Crippen molar-refractivity contribution in [2.45, 2.75) is 25.4 Å². The van der Waals surface area contributed by atoms with Crippen molar-refractivity contribution in [3.63, 3.8) is 0 Å². The predicted molar refractivity (Wildman–Crippen MR) is 93.6 cm³/mol. The third-order valence-electron chi connectivity index (χ3n) is 5.22. The average molecular weight is 337 g/mol. The van der Waals surface area contributed by atoms with Crippen molar-refractivity contribution >= 4 is 17.5 Å². The number of anilines is 1. The highest BCUT2D eigenvalue weighted by atomic mass is 16.5. The van der Waals surface area contributed by atoms with E-state index >= 15 is 0 Å². The van der Waals surface area contributed by atoms with Crippen LogP contribution in [0.5, 0.6) is 5.75 Å². The van der Waals surface area contributed by atoms with E-state index in [1.807, 2.05) is 6.07 Å². The Balaban J connectivity index is 1.55. The van der Waals surface area contributed by atoms with Crippen molar-refractivity contribution in [3.8, 4) is 5.75 Å². The maximum Gasteiger partial charge on any atom is 0.292 e. The molecule has 25 heavy (non-hydrogen) atoms. The summed E-state index contributed by atoms with van der Waals surface area (Å²) >= 11 is 0. The van der Waals surface area contributed by atoms with Gasteiger partial charge in [-0.25, -0.2) is 4.90 Å². The van der Waals surface area contributed by atoms with Crippen molar-refractivity contribution in [3.05, 3.63) is 59.7 Å². The minimum Gasteiger partial charge on any atom is -0.497 e. The zero-order valence-electron chi connectivity index (χ0n) is 14.2. The molecule has 2 aliphatic rings. The summed E-state index contributed by atoms with van der Waals surface area (Å²) in [4.78, 5) is 28.0. The Labute approximate surface area is 146 Å². The molecular weight excluding hydrogens is 316 g/mol. The molecule has 1 N–H and O–H groups in total. The molecule has 128 valence electrons. The molecule has 4 rings (SSSR count). The number of carbonyl (C=O) groups excluding carboxylic acids is 2. The van der Waals surface area contributed by atoms with Gasteiger partial charge in [0.15, 0.2) is 6.04 Å². The lowest BCUT2D eigenvalue weighted by Gasteiger charge is -2.29. The van der Waals surface area contributed by atoms with E-state index in [1.165, 1.54) is 20.9 Å². The van der Waals surface area contributed by atoms with Crippen LogP contribution in [0.1, 0.15) is 17.5 Å². The number of methoxy groups -OCH3 is 1. The molecule has 1 unspecified atom stereocenters. The molecular formula is C20H21N2O3+. The zero-order chi connectivity index (χ0) is 17.4. The van der Waals surface area contributed by atoms with Crippen molar-refractivity contribution in [1.29, 1.82) is 0 Å². The molecule has 0 bridgehead atoms. The first-order valence-corrected chi connectivity index (χ1v) is 8.59. The van der Waals surface area contributed by atoms with Crippen molar-refractivity contribution in [2.24, 2.45) is 0 Å². The number of rotatable bonds is 3. The second-order valence-electron chi connectivity index (χ2n) is 6.63. The fourth-order valence-corrected chi connectivity index (χ4v) is 3.85. The van der Waals surface area contributed by atoms with Crippen molar-refractivity contribution in [1.82, 2.24) is 0 Å². The van der Waals surface area contributed by atoms with Crippen LogP contribution in [-0.2, 0) is 22.6 Å². The number of amides is 2. The van der Waals surface area contributed by atoms with Crippen LogP contribution in [0.3, 0.4) is 0 Å². The van der Waals surface area contributed by atoms with Gasteiger partial charge in [-0.3, -0.25) is 9.59 Å². The molecule has 2 aromatic carbocycles. The summed E-state index contributed by atoms with van der Waals surface area (Å²) in [6.07, 6.45) is 1.23. The summed E-state index contributed by atoms with van der Waals surface area (Å²) < 4.78 is 5.14. The minimum atomic E-state index is -0.289. The SMILES string of the molecule is COc1ccc(N2C(=O)C[C@@H]([NH+]3CCc4ccccc4C3)C2=O)cc1. The van der Waals surface area contributed by atoms with Crippen LogP contribution in [-0.4, -0.2) is 31.5 Å². The Bertz CT molecular complexity index is 816. The van der Waals surface area contributed by atoms with Crippen molar-refractivity contribution in [2.75, 3.05) is 18.6 Å². The first kappa shape index (κ1) is 15.8. The van der Waals surface area contributed by atoms with Gasteiger partial charge < -0.3 is 9.64 Å². The smallest absolute Gasteiger partial charge is 0.292 e. The third kappa shape index (κ3) is 2.81. The largest absolute Gasteiger partial charge is 0.497 e. The molecule has 0 saturated carbocycles. The number of imide groups is 1. The second-order valence-corrected chi connectivity index (χ2v) is 6.63. The number of hydrogen-bond acceptors (Lipinski definition) is 3. The standard InChI is InChI=1S/C20H20N2O3/c1-25-17-8-6-16(7-9-17)22-19(23)12-18(20(22)24)21-11-10-14-4-2-3-5-15(14)13-21/h2-9,18H,10-13H2,1H3/p+1/t18-/m1/s1. The molecule has 1 saturated heterocycles. The summed E-state index contributed by atoms with van der Waals surface area (Å²) in [5.41, 5.74) is 3.26. The normalized spacial score (nSPS) is 22.8. The molecule has 0 spiro atoms. The van der Waals surface area contributed by atoms with E-state index < -0.39 is 0 Å². The molecule has 2 aliphatic heterocycles. The summed E-state index contributed by atoms with van der Waals surface area (Å²) in [5, 5.41) is 0. The molecule has 0 radical (unpaired) electrons. The van der Waals surface area contributed by atoms with Crippen LogP contribution in [0.4, 0.5) is 5.69 Å². The Morgan fingerprint density at radius 2 is 1.76 bits per heavy atom. The van der Waals surface area contributed by atoms with E-state index in [1.54, 1.807) is 31.4 Å². The molecule has 0 aliphatic carbocycles. The van der Waals surface area contributed by atoms with Gasteiger partial charge in [0.25, 0.3) is 5.91 Å². The van der Waals surface area contributed by atoms with E-state index in [0.717, 1.165) is 19.5 Å². The average Bonchev–Trinajstić information content (AvgIpc) is 2.96. The van der Waals surface area contributed by atoms with Crippen LogP contribution in [0, 0.1) is 0 Å².